The first-order valence-electron chi connectivity index (χ1n) is 4.69. The number of aromatic nitrogens is 2. The molecule has 2 heteroatoms. The quantitative estimate of drug-likeness (QED) is 0.593. The van der Waals surface area contributed by atoms with E-state index in [1.807, 2.05) is 0 Å². The molecule has 0 fully saturated rings. The van der Waals surface area contributed by atoms with Gasteiger partial charge in [-0.1, -0.05) is 0 Å². The van der Waals surface area contributed by atoms with Gasteiger partial charge < -0.3 is 0 Å². The standard InChI is InChI=1S/C10H19N2/c1-6-11-9(4)8(3)10(5)12(11)7-2/h6-7H2,1-5H3/q+1. The van der Waals surface area contributed by atoms with Gasteiger partial charge in [0.2, 0.25) is 5.69 Å². The maximum absolute atomic E-state index is 2.34. The highest BCUT2D eigenvalue weighted by molar-refractivity contribution is 5.18. The minimum absolute atomic E-state index is 1.06. The van der Waals surface area contributed by atoms with Crippen LogP contribution in [-0.4, -0.2) is 4.68 Å². The van der Waals surface area contributed by atoms with E-state index in [0.29, 0.717) is 0 Å². The van der Waals surface area contributed by atoms with E-state index in [2.05, 4.69) is 44.0 Å². The van der Waals surface area contributed by atoms with E-state index >= 15 is 0 Å². The van der Waals surface area contributed by atoms with E-state index in [9.17, 15) is 0 Å². The topological polar surface area (TPSA) is 8.81 Å². The third-order valence-corrected chi connectivity index (χ3v) is 2.75. The predicted molar refractivity (Wildman–Crippen MR) is 50.2 cm³/mol. The molecule has 0 aliphatic carbocycles. The molecule has 0 N–H and O–H groups in total. The van der Waals surface area contributed by atoms with Gasteiger partial charge in [-0.05, 0) is 27.7 Å². The van der Waals surface area contributed by atoms with Gasteiger partial charge in [-0.2, -0.15) is 4.68 Å². The van der Waals surface area contributed by atoms with E-state index in [1.165, 1.54) is 17.0 Å². The zero-order valence-electron chi connectivity index (χ0n) is 8.81. The molecule has 0 amide bonds. The molecule has 0 atom stereocenters. The summed E-state index contributed by atoms with van der Waals surface area (Å²) in [7, 11) is 0. The summed E-state index contributed by atoms with van der Waals surface area (Å²) in [5, 5.41) is 0. The van der Waals surface area contributed by atoms with Crippen molar-refractivity contribution in [1.82, 2.24) is 4.68 Å². The number of nitrogens with zero attached hydrogens (tertiary/aromatic N) is 2. The van der Waals surface area contributed by atoms with Gasteiger partial charge >= 0.3 is 0 Å². The highest BCUT2D eigenvalue weighted by Crippen LogP contribution is 2.08. The Morgan fingerprint density at radius 3 is 2.08 bits per heavy atom. The molecule has 12 heavy (non-hydrogen) atoms. The molecule has 1 rings (SSSR count). The Hall–Kier alpha value is -0.790. The Bertz CT molecular complexity index is 257. The van der Waals surface area contributed by atoms with Gasteiger partial charge in [0.15, 0.2) is 6.54 Å². The van der Waals surface area contributed by atoms with Crippen LogP contribution in [0, 0.1) is 20.8 Å². The van der Waals surface area contributed by atoms with Gasteiger partial charge in [0.1, 0.15) is 0 Å². The molecule has 0 radical (unpaired) electrons. The van der Waals surface area contributed by atoms with Crippen molar-refractivity contribution < 1.29 is 4.68 Å². The third-order valence-electron chi connectivity index (χ3n) is 2.75. The second-order valence-corrected chi connectivity index (χ2v) is 3.23. The lowest BCUT2D eigenvalue weighted by Gasteiger charge is -1.99. The van der Waals surface area contributed by atoms with Crippen molar-refractivity contribution in [3.05, 3.63) is 17.0 Å². The highest BCUT2D eigenvalue weighted by atomic mass is 15.4. The normalized spacial score (nSPS) is 10.8. The number of hydrogen-bond donors (Lipinski definition) is 0. The zero-order valence-corrected chi connectivity index (χ0v) is 8.81. The number of rotatable bonds is 2. The van der Waals surface area contributed by atoms with E-state index in [0.717, 1.165) is 13.1 Å². The van der Waals surface area contributed by atoms with Gasteiger partial charge in [0, 0.05) is 12.5 Å². The molecule has 2 nitrogen and oxygen atoms in total. The van der Waals surface area contributed by atoms with Crippen LogP contribution in [0.2, 0.25) is 0 Å². The second-order valence-electron chi connectivity index (χ2n) is 3.23. The molecule has 1 aromatic heterocycles. The summed E-state index contributed by atoms with van der Waals surface area (Å²) in [4.78, 5) is 0. The Balaban J connectivity index is 3.34. The summed E-state index contributed by atoms with van der Waals surface area (Å²) in [6.07, 6.45) is 0. The van der Waals surface area contributed by atoms with Crippen molar-refractivity contribution in [2.45, 2.75) is 47.7 Å². The Morgan fingerprint density at radius 2 is 1.75 bits per heavy atom. The van der Waals surface area contributed by atoms with Crippen LogP contribution in [0.15, 0.2) is 0 Å². The van der Waals surface area contributed by atoms with Gasteiger partial charge in [-0.25, -0.2) is 0 Å². The second kappa shape index (κ2) is 3.30. The monoisotopic (exact) mass is 167 g/mol. The van der Waals surface area contributed by atoms with Crippen molar-refractivity contribution >= 4 is 0 Å². The maximum Gasteiger partial charge on any atom is 0.208 e. The average molecular weight is 167 g/mol. The zero-order chi connectivity index (χ0) is 9.30. The fraction of sp³-hybridized carbons (Fsp3) is 0.700. The van der Waals surface area contributed by atoms with Crippen LogP contribution in [-0.2, 0) is 13.1 Å². The lowest BCUT2D eigenvalue weighted by atomic mass is 10.2. The van der Waals surface area contributed by atoms with Crippen molar-refractivity contribution in [3.63, 3.8) is 0 Å². The molecule has 0 spiro atoms. The largest absolute Gasteiger partial charge is 0.208 e. The van der Waals surface area contributed by atoms with Crippen LogP contribution in [0.4, 0.5) is 0 Å². The molecule has 0 saturated heterocycles. The Morgan fingerprint density at radius 1 is 1.17 bits per heavy atom. The van der Waals surface area contributed by atoms with Crippen LogP contribution in [0.3, 0.4) is 0 Å². The van der Waals surface area contributed by atoms with E-state index in [-0.39, 0.29) is 0 Å². The van der Waals surface area contributed by atoms with Crippen molar-refractivity contribution in [2.75, 3.05) is 0 Å². The van der Waals surface area contributed by atoms with Crippen LogP contribution < -0.4 is 4.68 Å². The van der Waals surface area contributed by atoms with Crippen molar-refractivity contribution in [2.24, 2.45) is 0 Å². The summed E-state index contributed by atoms with van der Waals surface area (Å²) >= 11 is 0. The summed E-state index contributed by atoms with van der Waals surface area (Å²) in [5.41, 5.74) is 4.23. The van der Waals surface area contributed by atoms with E-state index < -0.39 is 0 Å². The van der Waals surface area contributed by atoms with Gasteiger partial charge in [0.05, 0.1) is 12.2 Å². The summed E-state index contributed by atoms with van der Waals surface area (Å²) < 4.78 is 4.68. The summed E-state index contributed by atoms with van der Waals surface area (Å²) in [6, 6.07) is 0. The van der Waals surface area contributed by atoms with Gasteiger partial charge in [-0.3, -0.25) is 0 Å². The molecule has 0 bridgehead atoms. The molecule has 0 unspecified atom stereocenters. The predicted octanol–water partition coefficient (Wildman–Crippen LogP) is 1.74. The molecule has 1 aromatic rings. The van der Waals surface area contributed by atoms with Gasteiger partial charge in [-0.15, -0.1) is 4.68 Å². The van der Waals surface area contributed by atoms with Crippen LogP contribution in [0.5, 0.6) is 0 Å². The average Bonchev–Trinajstić information content (AvgIpc) is 2.29. The molecule has 0 aromatic carbocycles. The van der Waals surface area contributed by atoms with Crippen molar-refractivity contribution in [1.29, 1.82) is 0 Å². The van der Waals surface area contributed by atoms with Crippen LogP contribution in [0.1, 0.15) is 30.8 Å². The van der Waals surface area contributed by atoms with E-state index in [4.69, 9.17) is 0 Å². The van der Waals surface area contributed by atoms with Crippen LogP contribution in [0.25, 0.3) is 0 Å². The SMILES string of the molecule is CCn1c(C)c(C)c(C)[n+]1CC. The fourth-order valence-corrected chi connectivity index (χ4v) is 1.83. The summed E-state index contributed by atoms with van der Waals surface area (Å²) in [5.74, 6) is 0. The first-order chi connectivity index (χ1) is 5.63. The maximum atomic E-state index is 2.34. The van der Waals surface area contributed by atoms with Crippen LogP contribution >= 0.6 is 0 Å². The lowest BCUT2D eigenvalue weighted by Crippen LogP contribution is -2.44. The van der Waals surface area contributed by atoms with Gasteiger partial charge in [0.25, 0.3) is 0 Å². The lowest BCUT2D eigenvalue weighted by molar-refractivity contribution is -0.777. The fourth-order valence-electron chi connectivity index (χ4n) is 1.83. The number of hydrogen-bond acceptors (Lipinski definition) is 0. The molecule has 1 heterocycles. The first-order valence-corrected chi connectivity index (χ1v) is 4.69. The molecular weight excluding hydrogens is 148 g/mol. The highest BCUT2D eigenvalue weighted by Gasteiger charge is 2.18. The molecule has 0 aliphatic rings. The van der Waals surface area contributed by atoms with Crippen molar-refractivity contribution in [3.8, 4) is 0 Å². The van der Waals surface area contributed by atoms with E-state index in [1.54, 1.807) is 0 Å². The summed E-state index contributed by atoms with van der Waals surface area (Å²) in [6.45, 7) is 13.1. The molecule has 0 saturated carbocycles. The molecule has 0 aliphatic heterocycles. The third kappa shape index (κ3) is 1.15. The minimum Gasteiger partial charge on any atom is -0.158 e. The molecule has 68 valence electrons. The first kappa shape index (κ1) is 9.30. The minimum atomic E-state index is 1.06. The smallest absolute Gasteiger partial charge is 0.158 e. The Labute approximate surface area is 74.8 Å². The Kier molecular flexibility index (Phi) is 2.55. The molecular formula is C10H19N2+.